The van der Waals surface area contributed by atoms with Crippen LogP contribution in [0, 0.1) is 0 Å². The fourth-order valence-corrected chi connectivity index (χ4v) is 4.43. The molecule has 0 spiro atoms. The van der Waals surface area contributed by atoms with Gasteiger partial charge in [0.05, 0.1) is 22.9 Å². The molecule has 0 saturated carbocycles. The number of likely N-dealkylation sites (tertiary alicyclic amines) is 1. The SMILES string of the molecule is CNC(=O)c1cc(Cl)ncc1NC(=O)C1(c2ccccc2C(C)C)CN(CCCOC)C1. The second-order valence-electron chi connectivity index (χ2n) is 8.47. The Balaban J connectivity index is 1.94. The van der Waals surface area contributed by atoms with Crippen LogP contribution in [0.1, 0.15) is 47.7 Å². The molecule has 172 valence electrons. The summed E-state index contributed by atoms with van der Waals surface area (Å²) >= 11 is 5.99. The summed E-state index contributed by atoms with van der Waals surface area (Å²) in [7, 11) is 3.23. The molecular weight excluding hydrogens is 428 g/mol. The van der Waals surface area contributed by atoms with Gasteiger partial charge < -0.3 is 20.3 Å². The molecule has 2 heterocycles. The van der Waals surface area contributed by atoms with Crippen molar-refractivity contribution in [2.45, 2.75) is 31.6 Å². The highest BCUT2D eigenvalue weighted by atomic mass is 35.5. The van der Waals surface area contributed by atoms with Crippen molar-refractivity contribution in [3.05, 3.63) is 58.4 Å². The monoisotopic (exact) mass is 458 g/mol. The van der Waals surface area contributed by atoms with Crippen LogP contribution in [0.5, 0.6) is 0 Å². The van der Waals surface area contributed by atoms with Crippen molar-refractivity contribution in [1.29, 1.82) is 0 Å². The van der Waals surface area contributed by atoms with Gasteiger partial charge in [-0.1, -0.05) is 49.7 Å². The van der Waals surface area contributed by atoms with E-state index in [1.807, 2.05) is 18.2 Å². The Morgan fingerprint density at radius 2 is 2.00 bits per heavy atom. The Bertz CT molecular complexity index is 973. The first kappa shape index (κ1) is 24.2. The summed E-state index contributed by atoms with van der Waals surface area (Å²) in [5.41, 5.74) is 2.09. The van der Waals surface area contributed by atoms with Crippen LogP contribution in [0.2, 0.25) is 5.15 Å². The number of ether oxygens (including phenoxy) is 1. The smallest absolute Gasteiger partial charge is 0.253 e. The molecule has 8 heteroatoms. The van der Waals surface area contributed by atoms with Crippen LogP contribution in [0.4, 0.5) is 5.69 Å². The molecule has 1 aromatic heterocycles. The number of rotatable bonds is 9. The van der Waals surface area contributed by atoms with Gasteiger partial charge in [0.2, 0.25) is 5.91 Å². The van der Waals surface area contributed by atoms with Crippen molar-refractivity contribution in [3.63, 3.8) is 0 Å². The van der Waals surface area contributed by atoms with E-state index in [9.17, 15) is 9.59 Å². The molecule has 2 aromatic rings. The molecule has 0 unspecified atom stereocenters. The molecule has 1 aliphatic heterocycles. The van der Waals surface area contributed by atoms with Crippen molar-refractivity contribution in [2.24, 2.45) is 0 Å². The van der Waals surface area contributed by atoms with E-state index >= 15 is 0 Å². The molecule has 7 nitrogen and oxygen atoms in total. The van der Waals surface area contributed by atoms with Gasteiger partial charge in [-0.15, -0.1) is 0 Å². The van der Waals surface area contributed by atoms with Gasteiger partial charge in [-0.25, -0.2) is 4.98 Å². The van der Waals surface area contributed by atoms with Gasteiger partial charge in [-0.2, -0.15) is 0 Å². The normalized spacial score (nSPS) is 15.3. The maximum absolute atomic E-state index is 13.8. The summed E-state index contributed by atoms with van der Waals surface area (Å²) in [5, 5.41) is 5.75. The first-order valence-electron chi connectivity index (χ1n) is 10.8. The quantitative estimate of drug-likeness (QED) is 0.444. The summed E-state index contributed by atoms with van der Waals surface area (Å²) in [6.07, 6.45) is 2.34. The lowest BCUT2D eigenvalue weighted by Crippen LogP contribution is -2.65. The second-order valence-corrected chi connectivity index (χ2v) is 8.85. The van der Waals surface area contributed by atoms with Crippen LogP contribution in [0.25, 0.3) is 0 Å². The fourth-order valence-electron chi connectivity index (χ4n) is 4.27. The highest BCUT2D eigenvalue weighted by Crippen LogP contribution is 2.40. The molecule has 2 amide bonds. The summed E-state index contributed by atoms with van der Waals surface area (Å²) < 4.78 is 5.17. The molecule has 3 rings (SSSR count). The number of amides is 2. The van der Waals surface area contributed by atoms with E-state index < -0.39 is 5.41 Å². The van der Waals surface area contributed by atoms with Crippen molar-refractivity contribution in [3.8, 4) is 0 Å². The molecule has 0 bridgehead atoms. The zero-order valence-electron chi connectivity index (χ0n) is 19.1. The lowest BCUT2D eigenvalue weighted by atomic mass is 9.69. The molecule has 1 aliphatic rings. The fraction of sp³-hybridized carbons (Fsp3) is 0.458. The minimum absolute atomic E-state index is 0.150. The zero-order chi connectivity index (χ0) is 23.3. The van der Waals surface area contributed by atoms with Crippen LogP contribution in [0.3, 0.4) is 0 Å². The van der Waals surface area contributed by atoms with Gasteiger partial charge in [0.25, 0.3) is 5.91 Å². The number of nitrogens with one attached hydrogen (secondary N) is 2. The lowest BCUT2D eigenvalue weighted by Gasteiger charge is -2.50. The number of hydrogen-bond acceptors (Lipinski definition) is 5. The summed E-state index contributed by atoms with van der Waals surface area (Å²) in [6.45, 7) is 7.01. The van der Waals surface area contributed by atoms with Crippen LogP contribution >= 0.6 is 11.6 Å². The summed E-state index contributed by atoms with van der Waals surface area (Å²) in [5.74, 6) is -0.212. The molecular formula is C24H31ClN4O3. The van der Waals surface area contributed by atoms with Crippen LogP contribution < -0.4 is 10.6 Å². The van der Waals surface area contributed by atoms with Crippen molar-refractivity contribution >= 4 is 29.1 Å². The van der Waals surface area contributed by atoms with E-state index in [-0.39, 0.29) is 28.4 Å². The van der Waals surface area contributed by atoms with Gasteiger partial charge in [-0.05, 0) is 29.5 Å². The van der Waals surface area contributed by atoms with Gasteiger partial charge in [0.15, 0.2) is 0 Å². The minimum atomic E-state index is -0.715. The van der Waals surface area contributed by atoms with Crippen molar-refractivity contribution in [1.82, 2.24) is 15.2 Å². The first-order chi connectivity index (χ1) is 15.3. The average Bonchev–Trinajstić information content (AvgIpc) is 2.76. The molecule has 1 aromatic carbocycles. The van der Waals surface area contributed by atoms with Crippen LogP contribution in [-0.2, 0) is 14.9 Å². The third-order valence-electron chi connectivity index (χ3n) is 5.93. The lowest BCUT2D eigenvalue weighted by molar-refractivity contribution is -0.128. The van der Waals surface area contributed by atoms with E-state index in [1.165, 1.54) is 19.3 Å². The third-order valence-corrected chi connectivity index (χ3v) is 6.14. The number of carbonyl (C=O) groups is 2. The predicted octanol–water partition coefficient (Wildman–Crippen LogP) is 3.45. The number of methoxy groups -OCH3 is 1. The number of anilines is 1. The first-order valence-corrected chi connectivity index (χ1v) is 11.2. The number of aromatic nitrogens is 1. The number of benzene rings is 1. The van der Waals surface area contributed by atoms with Crippen molar-refractivity contribution < 1.29 is 14.3 Å². The Kier molecular flexibility index (Phi) is 7.87. The van der Waals surface area contributed by atoms with Crippen molar-refractivity contribution in [2.75, 3.05) is 45.7 Å². The van der Waals surface area contributed by atoms with Crippen LogP contribution in [-0.4, -0.2) is 62.1 Å². The van der Waals surface area contributed by atoms with Gasteiger partial charge in [0.1, 0.15) is 5.15 Å². The Labute approximate surface area is 194 Å². The van der Waals surface area contributed by atoms with E-state index in [2.05, 4.69) is 40.4 Å². The summed E-state index contributed by atoms with van der Waals surface area (Å²) in [4.78, 5) is 32.4. The van der Waals surface area contributed by atoms with E-state index in [0.29, 0.717) is 25.4 Å². The Morgan fingerprint density at radius 1 is 1.28 bits per heavy atom. The number of carbonyl (C=O) groups excluding carboxylic acids is 2. The highest BCUT2D eigenvalue weighted by Gasteiger charge is 2.51. The predicted molar refractivity (Wildman–Crippen MR) is 126 cm³/mol. The number of nitrogens with zero attached hydrogens (tertiary/aromatic N) is 2. The van der Waals surface area contributed by atoms with Gasteiger partial charge in [-0.3, -0.25) is 9.59 Å². The molecule has 2 N–H and O–H groups in total. The molecule has 1 fully saturated rings. The van der Waals surface area contributed by atoms with Gasteiger partial charge in [0, 0.05) is 40.4 Å². The Hall–Kier alpha value is -2.48. The zero-order valence-corrected chi connectivity index (χ0v) is 19.8. The van der Waals surface area contributed by atoms with E-state index in [4.69, 9.17) is 16.3 Å². The third kappa shape index (κ3) is 4.95. The highest BCUT2D eigenvalue weighted by molar-refractivity contribution is 6.30. The minimum Gasteiger partial charge on any atom is -0.385 e. The van der Waals surface area contributed by atoms with Crippen LogP contribution in [0.15, 0.2) is 36.5 Å². The van der Waals surface area contributed by atoms with Gasteiger partial charge >= 0.3 is 0 Å². The average molecular weight is 459 g/mol. The number of pyridine rings is 1. The maximum atomic E-state index is 13.8. The Morgan fingerprint density at radius 3 is 2.66 bits per heavy atom. The van der Waals surface area contributed by atoms with E-state index in [1.54, 1.807) is 7.11 Å². The largest absolute Gasteiger partial charge is 0.385 e. The molecule has 0 radical (unpaired) electrons. The molecule has 0 aliphatic carbocycles. The standard InChI is InChI=1S/C24H31ClN4O3/c1-16(2)17-8-5-6-9-19(17)24(14-29(15-24)10-7-11-32-4)23(31)28-20-13-27-21(25)12-18(20)22(30)26-3/h5-6,8-9,12-13,16H,7,10-11,14-15H2,1-4H3,(H,26,30)(H,28,31). The topological polar surface area (TPSA) is 83.6 Å². The summed E-state index contributed by atoms with van der Waals surface area (Å²) in [6, 6.07) is 9.57. The molecule has 1 saturated heterocycles. The second kappa shape index (κ2) is 10.4. The molecule has 32 heavy (non-hydrogen) atoms. The maximum Gasteiger partial charge on any atom is 0.253 e. The number of halogens is 1. The van der Waals surface area contributed by atoms with E-state index in [0.717, 1.165) is 24.1 Å². The number of hydrogen-bond donors (Lipinski definition) is 2. The molecule has 0 atom stereocenters.